The fourth-order valence-corrected chi connectivity index (χ4v) is 4.18. The minimum absolute atomic E-state index is 0.0732. The molecule has 1 fully saturated rings. The molecule has 196 valence electrons. The first-order valence-corrected chi connectivity index (χ1v) is 12.9. The topological polar surface area (TPSA) is 110 Å². The van der Waals surface area contributed by atoms with Crippen LogP contribution in [0.2, 0.25) is 0 Å². The van der Waals surface area contributed by atoms with Gasteiger partial charge in [0.15, 0.2) is 6.10 Å². The van der Waals surface area contributed by atoms with Gasteiger partial charge in [-0.1, -0.05) is 84.3 Å². The lowest BCUT2D eigenvalue weighted by Crippen LogP contribution is -2.38. The summed E-state index contributed by atoms with van der Waals surface area (Å²) < 4.78 is 9.58. The van der Waals surface area contributed by atoms with E-state index in [9.17, 15) is 24.6 Å². The zero-order valence-electron chi connectivity index (χ0n) is 21.8. The molecule has 0 aromatic carbocycles. The van der Waals surface area contributed by atoms with Crippen LogP contribution in [0.1, 0.15) is 98.8 Å². The Hall–Kier alpha value is -1.73. The molecule has 0 spiro atoms. The first-order chi connectivity index (χ1) is 16.0. The molecular formula is C27H46O7. The van der Waals surface area contributed by atoms with Gasteiger partial charge in [0.2, 0.25) is 11.9 Å². The van der Waals surface area contributed by atoms with Crippen LogP contribution in [0.4, 0.5) is 0 Å². The first-order valence-electron chi connectivity index (χ1n) is 12.9. The third-order valence-corrected chi connectivity index (χ3v) is 6.54. The summed E-state index contributed by atoms with van der Waals surface area (Å²) >= 11 is 0. The molecule has 1 aliphatic rings. The van der Waals surface area contributed by atoms with Crippen molar-refractivity contribution < 1.29 is 34.1 Å². The fraction of sp³-hybridized carbons (Fsp3) is 0.815. The zero-order chi connectivity index (χ0) is 25.7. The van der Waals surface area contributed by atoms with Crippen LogP contribution in [0.3, 0.4) is 0 Å². The number of rotatable bonds is 17. The van der Waals surface area contributed by atoms with Crippen molar-refractivity contribution in [3.8, 4) is 0 Å². The van der Waals surface area contributed by atoms with Crippen molar-refractivity contribution in [2.24, 2.45) is 17.8 Å². The van der Waals surface area contributed by atoms with Crippen molar-refractivity contribution in [1.29, 1.82) is 0 Å². The SMILES string of the molecule is CC(=CCC(=O)OCC(O)C1OC(=O)C(O)C1=O)CCCC(C)CCCC(C)CCCC(C)C. The number of carbonyl (C=O) groups is 3. The number of allylic oxidation sites excluding steroid dienone is 1. The molecule has 34 heavy (non-hydrogen) atoms. The number of aliphatic hydroxyl groups excluding tert-OH is 2. The third-order valence-electron chi connectivity index (χ3n) is 6.54. The van der Waals surface area contributed by atoms with Gasteiger partial charge >= 0.3 is 11.9 Å². The summed E-state index contributed by atoms with van der Waals surface area (Å²) in [4.78, 5) is 34.7. The van der Waals surface area contributed by atoms with E-state index in [1.54, 1.807) is 0 Å². The van der Waals surface area contributed by atoms with Crippen LogP contribution in [0.15, 0.2) is 11.6 Å². The average Bonchev–Trinajstić information content (AvgIpc) is 3.03. The van der Waals surface area contributed by atoms with Crippen LogP contribution in [0.5, 0.6) is 0 Å². The average molecular weight is 483 g/mol. The highest BCUT2D eigenvalue weighted by molar-refractivity contribution is 6.09. The Morgan fingerprint density at radius 2 is 1.56 bits per heavy atom. The van der Waals surface area contributed by atoms with E-state index in [2.05, 4.69) is 32.4 Å². The molecule has 1 rings (SSSR count). The van der Waals surface area contributed by atoms with E-state index in [1.807, 2.05) is 13.0 Å². The Bertz CT molecular complexity index is 670. The van der Waals surface area contributed by atoms with E-state index >= 15 is 0 Å². The molecule has 0 bridgehead atoms. The smallest absolute Gasteiger partial charge is 0.343 e. The second-order valence-corrected chi connectivity index (χ2v) is 10.5. The van der Waals surface area contributed by atoms with E-state index in [-0.39, 0.29) is 6.42 Å². The lowest BCUT2D eigenvalue weighted by atomic mass is 9.91. The van der Waals surface area contributed by atoms with Gasteiger partial charge in [-0.2, -0.15) is 0 Å². The summed E-state index contributed by atoms with van der Waals surface area (Å²) in [6.45, 7) is 10.8. The molecular weight excluding hydrogens is 436 g/mol. The molecule has 1 aliphatic heterocycles. The quantitative estimate of drug-likeness (QED) is 0.178. The predicted octanol–water partition coefficient (Wildman–Crippen LogP) is 4.52. The van der Waals surface area contributed by atoms with E-state index in [1.165, 1.54) is 44.9 Å². The standard InChI is InChI=1S/C27H46O7/c1-18(2)9-6-10-19(3)11-7-12-20(4)13-8-14-21(5)15-16-23(29)33-17-22(28)26-24(30)25(31)27(32)34-26/h15,18-20,22,25-26,28,31H,6-14,16-17H2,1-5H3. The van der Waals surface area contributed by atoms with Crippen molar-refractivity contribution in [2.45, 2.75) is 117 Å². The number of Topliss-reactive ketones (excluding diaryl/α,β-unsaturated/α-hetero) is 1. The van der Waals surface area contributed by atoms with E-state index in [4.69, 9.17) is 4.74 Å². The largest absolute Gasteiger partial charge is 0.463 e. The maximum Gasteiger partial charge on any atom is 0.343 e. The molecule has 0 amide bonds. The van der Waals surface area contributed by atoms with Gasteiger partial charge in [-0.05, 0) is 37.5 Å². The zero-order valence-corrected chi connectivity index (χ0v) is 21.8. The summed E-state index contributed by atoms with van der Waals surface area (Å²) in [7, 11) is 0. The van der Waals surface area contributed by atoms with Gasteiger partial charge < -0.3 is 19.7 Å². The number of ether oxygens (including phenoxy) is 2. The van der Waals surface area contributed by atoms with Gasteiger partial charge in [0, 0.05) is 0 Å². The fourth-order valence-electron chi connectivity index (χ4n) is 4.18. The van der Waals surface area contributed by atoms with E-state index < -0.39 is 42.6 Å². The highest BCUT2D eigenvalue weighted by atomic mass is 16.6. The van der Waals surface area contributed by atoms with Crippen LogP contribution < -0.4 is 0 Å². The Morgan fingerprint density at radius 1 is 1.00 bits per heavy atom. The Labute approximate surface area is 205 Å². The summed E-state index contributed by atoms with van der Waals surface area (Å²) in [5, 5.41) is 19.2. The van der Waals surface area contributed by atoms with Crippen LogP contribution >= 0.6 is 0 Å². The van der Waals surface area contributed by atoms with Crippen LogP contribution in [-0.2, 0) is 23.9 Å². The monoisotopic (exact) mass is 482 g/mol. The summed E-state index contributed by atoms with van der Waals surface area (Å²) in [5.74, 6) is -0.234. The first kappa shape index (κ1) is 30.3. The molecule has 7 nitrogen and oxygen atoms in total. The lowest BCUT2D eigenvalue weighted by molar-refractivity contribution is -0.156. The molecule has 5 atom stereocenters. The molecule has 0 radical (unpaired) electrons. The van der Waals surface area contributed by atoms with Crippen molar-refractivity contribution in [3.05, 3.63) is 11.6 Å². The van der Waals surface area contributed by atoms with Crippen molar-refractivity contribution in [1.82, 2.24) is 0 Å². The van der Waals surface area contributed by atoms with Crippen LogP contribution in [0.25, 0.3) is 0 Å². The Balaban J connectivity index is 2.14. The minimum Gasteiger partial charge on any atom is -0.463 e. The maximum atomic E-state index is 11.9. The molecule has 0 saturated carbocycles. The highest BCUT2D eigenvalue weighted by Crippen LogP contribution is 2.22. The molecule has 1 heterocycles. The second-order valence-electron chi connectivity index (χ2n) is 10.5. The minimum atomic E-state index is -1.88. The number of ketones is 1. The summed E-state index contributed by atoms with van der Waals surface area (Å²) in [6.07, 6.45) is 8.09. The molecule has 1 saturated heterocycles. The lowest BCUT2D eigenvalue weighted by Gasteiger charge is -2.15. The van der Waals surface area contributed by atoms with Crippen LogP contribution in [-0.4, -0.2) is 52.9 Å². The number of cyclic esters (lactones) is 1. The van der Waals surface area contributed by atoms with Crippen LogP contribution in [0, 0.1) is 17.8 Å². The van der Waals surface area contributed by atoms with Crippen molar-refractivity contribution >= 4 is 17.7 Å². The Morgan fingerprint density at radius 3 is 2.09 bits per heavy atom. The highest BCUT2D eigenvalue weighted by Gasteiger charge is 2.46. The maximum absolute atomic E-state index is 11.9. The molecule has 2 N–H and O–H groups in total. The number of hydrogen-bond acceptors (Lipinski definition) is 7. The molecule has 5 unspecified atom stereocenters. The van der Waals surface area contributed by atoms with Crippen molar-refractivity contribution in [3.63, 3.8) is 0 Å². The molecule has 0 aromatic heterocycles. The third kappa shape index (κ3) is 12.1. The van der Waals surface area contributed by atoms with Gasteiger partial charge in [0.1, 0.15) is 12.7 Å². The van der Waals surface area contributed by atoms with Gasteiger partial charge in [0.05, 0.1) is 6.42 Å². The van der Waals surface area contributed by atoms with Gasteiger partial charge in [-0.15, -0.1) is 0 Å². The molecule has 0 aromatic rings. The normalized spacial score (nSPS) is 21.5. The second kappa shape index (κ2) is 16.0. The van der Waals surface area contributed by atoms with Crippen molar-refractivity contribution in [2.75, 3.05) is 6.61 Å². The summed E-state index contributed by atoms with van der Waals surface area (Å²) in [6, 6.07) is 0. The summed E-state index contributed by atoms with van der Waals surface area (Å²) in [5.41, 5.74) is 1.12. The predicted molar refractivity (Wildman–Crippen MR) is 131 cm³/mol. The number of aliphatic hydroxyl groups is 2. The molecule has 7 heteroatoms. The van der Waals surface area contributed by atoms with E-state index in [0.717, 1.165) is 30.3 Å². The van der Waals surface area contributed by atoms with Gasteiger partial charge in [-0.25, -0.2) is 4.79 Å². The Kier molecular flexibility index (Phi) is 14.3. The number of hydrogen-bond donors (Lipinski definition) is 2. The van der Waals surface area contributed by atoms with Gasteiger partial charge in [0.25, 0.3) is 0 Å². The molecule has 0 aliphatic carbocycles. The van der Waals surface area contributed by atoms with Gasteiger partial charge in [-0.3, -0.25) is 9.59 Å². The number of esters is 2. The van der Waals surface area contributed by atoms with E-state index in [0.29, 0.717) is 5.92 Å². The number of carbonyl (C=O) groups excluding carboxylic acids is 3.